The smallest absolute Gasteiger partial charge is 0.459 e. The summed E-state index contributed by atoms with van der Waals surface area (Å²) in [5, 5.41) is 16.2. The zero-order valence-corrected chi connectivity index (χ0v) is 52.7. The first-order chi connectivity index (χ1) is 42.4. The molecule has 6 N–H and O–H groups in total. The van der Waals surface area contributed by atoms with Crippen LogP contribution in [0.3, 0.4) is 0 Å². The summed E-state index contributed by atoms with van der Waals surface area (Å²) in [5.41, 5.74) is 14.6. The maximum atomic E-state index is 15.6. The Kier molecular flexibility index (Phi) is 19.9. The largest absolute Gasteiger partial charge is 0.497 e. The lowest BCUT2D eigenvalue weighted by Crippen LogP contribution is -2.66. The number of allylic oxidation sites excluding steroid dienone is 1. The normalized spacial score (nSPS) is 31.1. The number of methoxy groups -OCH3 is 2. The summed E-state index contributed by atoms with van der Waals surface area (Å²) in [4.78, 5) is 60.1. The van der Waals surface area contributed by atoms with Crippen LogP contribution in [0.5, 0.6) is 11.5 Å². The molecule has 3 saturated carbocycles. The number of hydrogen-bond donors (Lipinski definition) is 4. The number of nitrogens with two attached hydrogens (primary N) is 2. The van der Waals surface area contributed by atoms with Crippen LogP contribution in [0.25, 0.3) is 0 Å². The van der Waals surface area contributed by atoms with Crippen molar-refractivity contribution in [1.82, 2.24) is 5.32 Å². The number of aliphatic imine (C=N–C) groups is 1. The number of aliphatic hydroxyl groups excluding tert-OH is 1. The number of benzene rings is 4. The van der Waals surface area contributed by atoms with E-state index in [1.54, 1.807) is 44.6 Å². The maximum absolute atomic E-state index is 15.6. The first kappa shape index (κ1) is 64.3. The molecule has 4 aliphatic carbocycles. The molecular weight excluding hydrogens is 1110 g/mol. The summed E-state index contributed by atoms with van der Waals surface area (Å²) >= 11 is 0. The molecule has 0 radical (unpaired) electrons. The van der Waals surface area contributed by atoms with Crippen molar-refractivity contribution in [3.05, 3.63) is 155 Å². The molecule has 16 nitrogen and oxygen atoms in total. The molecule has 472 valence electrons. The SMILES string of the molecule is COc1ccc(C(OC[C@H]2O[C@@H]([N+]3(C(=O)c4ccccc4)C=CC(N)=NC3=O)[C@H](OC3(OC(N)=O)CC4=CCC5C(CC[C@@]6(C)C5CC[C@@H]6[C@H](C)CCCC(C)C)[C@@]4(C)CC3CCCCCCNC=O)[C@@H]2O)(c2ccccc2)c2ccc(OC)cc2)cc1. The van der Waals surface area contributed by atoms with E-state index in [1.165, 1.54) is 44.4 Å². The van der Waals surface area contributed by atoms with Gasteiger partial charge in [0, 0.05) is 25.0 Å². The number of hydrogen-bond acceptors (Lipinski definition) is 12. The van der Waals surface area contributed by atoms with Gasteiger partial charge in [0.05, 0.1) is 26.4 Å². The van der Waals surface area contributed by atoms with Crippen molar-refractivity contribution >= 4 is 30.3 Å². The molecule has 5 amide bonds. The Bertz CT molecular complexity index is 3110. The van der Waals surface area contributed by atoms with Gasteiger partial charge >= 0.3 is 18.0 Å². The van der Waals surface area contributed by atoms with Gasteiger partial charge in [-0.05, 0) is 151 Å². The third-order valence-corrected chi connectivity index (χ3v) is 21.6. The van der Waals surface area contributed by atoms with Gasteiger partial charge in [-0.15, -0.1) is 9.48 Å². The third kappa shape index (κ3) is 12.4. The summed E-state index contributed by atoms with van der Waals surface area (Å²) < 4.78 is 38.8. The standard InChI is InChI=1S/C72H93N5O11/c1-47(2)19-18-20-48(3)58-36-37-59-57-35-30-53-44-71(88-67(74)81,54(25-14-8-9-17-41-75-46-78)43-70(53,5)60(57)38-40-69(58,59)4)87-64-63(79)61(86-66(64)77(42-39-62(73)76-68(77)82)65(80)49-21-12-10-13-22-49)45-85-72(50-23-15-11-16-24-50,51-26-31-55(83-6)32-27-51)52-28-33-56(84-7)34-29-52/h10-13,15-16,21-24,26-34,39,42,46-48,54,57-61,63-64,66,79H,8-9,14,17-20,25,35-38,40-41,43-45H2,1-7H3,(H4-,73,74,75,76,78,81,82)/p+1/t48-,54?,57?,58-,59?,60?,61-,63-,64-,66-,69-,70+,71?,77?/m1/s1. The van der Waals surface area contributed by atoms with Crippen LogP contribution in [-0.4, -0.2) is 97.6 Å². The molecule has 4 aromatic rings. The Morgan fingerprint density at radius 1 is 0.841 bits per heavy atom. The fraction of sp³-hybridized carbons (Fsp3) is 0.542. The molecule has 0 aromatic heterocycles. The molecule has 10 rings (SSSR count). The highest BCUT2D eigenvalue weighted by molar-refractivity contribution is 6.05. The molecule has 4 aromatic carbocycles. The van der Waals surface area contributed by atoms with E-state index in [1.807, 2.05) is 78.9 Å². The van der Waals surface area contributed by atoms with E-state index in [4.69, 9.17) is 39.9 Å². The van der Waals surface area contributed by atoms with Crippen molar-refractivity contribution in [3.8, 4) is 11.5 Å². The number of carbonyl (C=O) groups excluding carboxylic acids is 4. The molecule has 14 atom stereocenters. The van der Waals surface area contributed by atoms with Gasteiger partial charge in [0.1, 0.15) is 41.3 Å². The van der Waals surface area contributed by atoms with Crippen molar-refractivity contribution in [2.75, 3.05) is 27.4 Å². The quantitative estimate of drug-likeness (QED) is 0.0115. The number of nitrogens with one attached hydrogen (secondary N) is 1. The van der Waals surface area contributed by atoms with Crippen LogP contribution >= 0.6 is 0 Å². The number of amidine groups is 1. The summed E-state index contributed by atoms with van der Waals surface area (Å²) in [7, 11) is 3.20. The Hall–Kier alpha value is -6.69. The fourth-order valence-corrected chi connectivity index (χ4v) is 17.2. The van der Waals surface area contributed by atoms with Gasteiger partial charge in [0.15, 0.2) is 6.10 Å². The number of fused-ring (bicyclic) bond motifs is 5. The zero-order chi connectivity index (χ0) is 62.4. The molecule has 16 heteroatoms. The third-order valence-electron chi connectivity index (χ3n) is 21.6. The molecule has 0 spiro atoms. The van der Waals surface area contributed by atoms with E-state index >= 15 is 9.59 Å². The van der Waals surface area contributed by atoms with Crippen LogP contribution in [0.4, 0.5) is 9.59 Å². The van der Waals surface area contributed by atoms with E-state index in [0.29, 0.717) is 72.8 Å². The second-order valence-corrected chi connectivity index (χ2v) is 26.9. The number of unbranched alkanes of at least 4 members (excludes halogenated alkanes) is 3. The van der Waals surface area contributed by atoms with Gasteiger partial charge in [-0.1, -0.05) is 158 Å². The van der Waals surface area contributed by atoms with Gasteiger partial charge in [0.25, 0.3) is 0 Å². The molecule has 4 fully saturated rings. The van der Waals surface area contributed by atoms with E-state index in [9.17, 15) is 14.7 Å². The number of carbonyl (C=O) groups is 4. The van der Waals surface area contributed by atoms with Crippen LogP contribution in [0.15, 0.2) is 138 Å². The highest BCUT2D eigenvalue weighted by Gasteiger charge is 2.68. The monoisotopic (exact) mass is 1200 g/mol. The molecule has 6 aliphatic rings. The molecule has 2 aliphatic heterocycles. The highest BCUT2D eigenvalue weighted by Crippen LogP contribution is 2.69. The predicted octanol–water partition coefficient (Wildman–Crippen LogP) is 12.9. The van der Waals surface area contributed by atoms with Crippen LogP contribution < -0.4 is 26.3 Å². The highest BCUT2D eigenvalue weighted by atomic mass is 16.7. The molecule has 88 heavy (non-hydrogen) atoms. The number of nitrogens with zero attached hydrogens (tertiary/aromatic N) is 2. The topological polar surface area (TPSA) is 220 Å². The Balaban J connectivity index is 1.07. The summed E-state index contributed by atoms with van der Waals surface area (Å²) in [6.07, 6.45) is 12.4. The second-order valence-electron chi connectivity index (χ2n) is 26.9. The lowest BCUT2D eigenvalue weighted by atomic mass is 9.45. The molecular formula is C72H94N5O11+. The summed E-state index contributed by atoms with van der Waals surface area (Å²) in [5.74, 6) is 1.55. The van der Waals surface area contributed by atoms with Crippen LogP contribution in [0, 0.1) is 52.3 Å². The van der Waals surface area contributed by atoms with E-state index in [2.05, 4.69) is 51.0 Å². The van der Waals surface area contributed by atoms with Crippen molar-refractivity contribution in [3.63, 3.8) is 0 Å². The van der Waals surface area contributed by atoms with Crippen LogP contribution in [0.1, 0.15) is 158 Å². The van der Waals surface area contributed by atoms with Gasteiger partial charge in [0.2, 0.25) is 18.4 Å². The van der Waals surface area contributed by atoms with E-state index in [0.717, 1.165) is 67.2 Å². The maximum Gasteiger partial charge on any atom is 0.459 e. The lowest BCUT2D eigenvalue weighted by molar-refractivity contribution is -0.777. The second kappa shape index (κ2) is 27.2. The lowest BCUT2D eigenvalue weighted by Gasteiger charge is -2.61. The van der Waals surface area contributed by atoms with Crippen LogP contribution in [0.2, 0.25) is 0 Å². The fourth-order valence-electron chi connectivity index (χ4n) is 17.2. The minimum Gasteiger partial charge on any atom is -0.497 e. The number of primary amides is 1. The number of aliphatic hydroxyl groups is 1. The van der Waals surface area contributed by atoms with Crippen LogP contribution in [-0.2, 0) is 29.3 Å². The van der Waals surface area contributed by atoms with E-state index in [-0.39, 0.29) is 35.3 Å². The van der Waals surface area contributed by atoms with Gasteiger partial charge < -0.3 is 50.3 Å². The number of rotatable bonds is 26. The van der Waals surface area contributed by atoms with Gasteiger partial charge in [-0.25, -0.2) is 14.4 Å². The zero-order valence-electron chi connectivity index (χ0n) is 52.7. The number of amides is 5. The first-order valence-corrected chi connectivity index (χ1v) is 32.3. The molecule has 1 saturated heterocycles. The number of ether oxygens (including phenoxy) is 6. The molecule has 0 bridgehead atoms. The molecule has 2 heterocycles. The Morgan fingerprint density at radius 2 is 1.49 bits per heavy atom. The van der Waals surface area contributed by atoms with Crippen molar-refractivity contribution in [2.24, 2.45) is 68.7 Å². The molecule has 6 unspecified atom stereocenters. The van der Waals surface area contributed by atoms with Gasteiger partial charge in [-0.2, -0.15) is 0 Å². The minimum absolute atomic E-state index is 0.126. The van der Waals surface area contributed by atoms with Gasteiger partial charge in [-0.3, -0.25) is 4.79 Å². The van der Waals surface area contributed by atoms with Crippen molar-refractivity contribution in [1.29, 1.82) is 0 Å². The number of quaternary nitrogens is 1. The Labute approximate surface area is 520 Å². The predicted molar refractivity (Wildman–Crippen MR) is 337 cm³/mol. The summed E-state index contributed by atoms with van der Waals surface area (Å²) in [6.45, 7) is 12.4. The van der Waals surface area contributed by atoms with E-state index < -0.39 is 64.4 Å². The average Bonchev–Trinajstić information content (AvgIpc) is 1.26. The van der Waals surface area contributed by atoms with Crippen molar-refractivity contribution in [2.45, 2.75) is 167 Å². The first-order valence-electron chi connectivity index (χ1n) is 32.3. The van der Waals surface area contributed by atoms with Crippen molar-refractivity contribution < 1.29 is 57.2 Å². The Morgan fingerprint density at radius 3 is 2.11 bits per heavy atom. The number of imide groups is 1. The minimum atomic E-state index is -1.83. The number of urea groups is 1. The average molecular weight is 1210 g/mol. The summed E-state index contributed by atoms with van der Waals surface area (Å²) in [6, 6.07) is 32.2.